The fourth-order valence-corrected chi connectivity index (χ4v) is 3.52. The summed E-state index contributed by atoms with van der Waals surface area (Å²) in [5, 5.41) is 7.07. The molecule has 0 bridgehead atoms. The van der Waals surface area contributed by atoms with Crippen LogP contribution in [0.15, 0.2) is 53.1 Å². The van der Waals surface area contributed by atoms with Gasteiger partial charge in [0.05, 0.1) is 19.7 Å². The van der Waals surface area contributed by atoms with E-state index in [1.807, 2.05) is 55.5 Å². The summed E-state index contributed by atoms with van der Waals surface area (Å²) >= 11 is 0. The molecule has 4 rings (SSSR count). The van der Waals surface area contributed by atoms with E-state index in [2.05, 4.69) is 20.4 Å². The molecule has 1 unspecified atom stereocenters. The molecule has 1 aliphatic heterocycles. The predicted molar refractivity (Wildman–Crippen MR) is 110 cm³/mol. The quantitative estimate of drug-likeness (QED) is 0.690. The van der Waals surface area contributed by atoms with Gasteiger partial charge in [0, 0.05) is 11.3 Å². The summed E-state index contributed by atoms with van der Waals surface area (Å²) in [6.07, 6.45) is 1.76. The van der Waals surface area contributed by atoms with Crippen LogP contribution in [0.2, 0.25) is 0 Å². The molecule has 1 amide bonds. The summed E-state index contributed by atoms with van der Waals surface area (Å²) in [6, 6.07) is 15.1. The van der Waals surface area contributed by atoms with E-state index in [1.54, 1.807) is 7.11 Å². The summed E-state index contributed by atoms with van der Waals surface area (Å²) < 4.78 is 10.6. The second-order valence-electron chi connectivity index (χ2n) is 7.22. The Kier molecular flexibility index (Phi) is 5.57. The number of aryl methyl sites for hydroxylation is 1. The Labute approximate surface area is 169 Å². The third-order valence-electron chi connectivity index (χ3n) is 5.14. The molecule has 29 heavy (non-hydrogen) atoms. The number of likely N-dealkylation sites (tertiary alicyclic amines) is 1. The zero-order chi connectivity index (χ0) is 20.2. The fourth-order valence-electron chi connectivity index (χ4n) is 3.52. The topological polar surface area (TPSA) is 80.5 Å². The molecule has 1 aromatic heterocycles. The molecule has 150 valence electrons. The van der Waals surface area contributed by atoms with Crippen LogP contribution in [-0.4, -0.2) is 40.6 Å². The van der Waals surface area contributed by atoms with Crippen molar-refractivity contribution < 1.29 is 14.1 Å². The van der Waals surface area contributed by atoms with Gasteiger partial charge in [0.15, 0.2) is 0 Å². The first-order chi connectivity index (χ1) is 14.1. The SMILES string of the molecule is COc1ccc(NC(=O)C2CCCN2Cc2nc(-c3ccc(C)cc3)no2)cc1. The number of anilines is 1. The predicted octanol–water partition coefficient (Wildman–Crippen LogP) is 3.66. The maximum atomic E-state index is 12.8. The standard InChI is InChI=1S/C22H24N4O3/c1-15-5-7-16(8-6-15)21-24-20(29-25-21)14-26-13-3-4-19(26)22(27)23-17-9-11-18(28-2)12-10-17/h5-12,19H,3-4,13-14H2,1-2H3,(H,23,27). The van der Waals surface area contributed by atoms with Crippen molar-refractivity contribution in [3.05, 3.63) is 60.0 Å². The molecule has 0 aliphatic carbocycles. The molecule has 1 N–H and O–H groups in total. The van der Waals surface area contributed by atoms with Crippen LogP contribution in [0.25, 0.3) is 11.4 Å². The molecule has 1 atom stereocenters. The van der Waals surface area contributed by atoms with Crippen LogP contribution in [0.4, 0.5) is 5.69 Å². The van der Waals surface area contributed by atoms with Crippen molar-refractivity contribution in [2.75, 3.05) is 19.0 Å². The minimum absolute atomic E-state index is 0.0223. The monoisotopic (exact) mass is 392 g/mol. The van der Waals surface area contributed by atoms with Crippen molar-refractivity contribution >= 4 is 11.6 Å². The van der Waals surface area contributed by atoms with Crippen LogP contribution < -0.4 is 10.1 Å². The first-order valence-electron chi connectivity index (χ1n) is 9.71. The van der Waals surface area contributed by atoms with Gasteiger partial charge in [-0.3, -0.25) is 9.69 Å². The number of carbonyl (C=O) groups excluding carboxylic acids is 1. The van der Waals surface area contributed by atoms with E-state index >= 15 is 0 Å². The number of benzene rings is 2. The highest BCUT2D eigenvalue weighted by Crippen LogP contribution is 2.23. The third-order valence-corrected chi connectivity index (χ3v) is 5.14. The first kappa shape index (κ1) is 19.1. The Morgan fingerprint density at radius 1 is 1.21 bits per heavy atom. The lowest BCUT2D eigenvalue weighted by Gasteiger charge is -2.22. The van der Waals surface area contributed by atoms with Crippen LogP contribution >= 0.6 is 0 Å². The van der Waals surface area contributed by atoms with E-state index in [0.717, 1.165) is 36.4 Å². The molecule has 0 radical (unpaired) electrons. The van der Waals surface area contributed by atoms with Gasteiger partial charge >= 0.3 is 0 Å². The van der Waals surface area contributed by atoms with E-state index in [0.29, 0.717) is 18.3 Å². The second-order valence-corrected chi connectivity index (χ2v) is 7.22. The average Bonchev–Trinajstić information content (AvgIpc) is 3.39. The maximum absolute atomic E-state index is 12.8. The molecule has 2 aromatic carbocycles. The lowest BCUT2D eigenvalue weighted by atomic mass is 10.1. The van der Waals surface area contributed by atoms with E-state index in [9.17, 15) is 4.79 Å². The largest absolute Gasteiger partial charge is 0.497 e. The number of nitrogens with one attached hydrogen (secondary N) is 1. The van der Waals surface area contributed by atoms with Crippen LogP contribution in [0.5, 0.6) is 5.75 Å². The summed E-state index contributed by atoms with van der Waals surface area (Å²) in [5.74, 6) is 1.82. The minimum atomic E-state index is -0.216. The zero-order valence-corrected chi connectivity index (χ0v) is 16.6. The Balaban J connectivity index is 1.40. The van der Waals surface area contributed by atoms with Crippen molar-refractivity contribution in [2.24, 2.45) is 0 Å². The van der Waals surface area contributed by atoms with Gasteiger partial charge in [-0.05, 0) is 50.6 Å². The summed E-state index contributed by atoms with van der Waals surface area (Å²) in [4.78, 5) is 19.4. The molecular weight excluding hydrogens is 368 g/mol. The van der Waals surface area contributed by atoms with Gasteiger partial charge < -0.3 is 14.6 Å². The molecule has 1 aliphatic rings. The van der Waals surface area contributed by atoms with Crippen molar-refractivity contribution in [1.82, 2.24) is 15.0 Å². The van der Waals surface area contributed by atoms with Crippen LogP contribution in [0.1, 0.15) is 24.3 Å². The molecule has 1 fully saturated rings. The Hall–Kier alpha value is -3.19. The first-order valence-corrected chi connectivity index (χ1v) is 9.71. The molecule has 7 heteroatoms. The summed E-state index contributed by atoms with van der Waals surface area (Å²) in [5.41, 5.74) is 2.85. The van der Waals surface area contributed by atoms with Gasteiger partial charge in [-0.15, -0.1) is 0 Å². The molecule has 3 aromatic rings. The van der Waals surface area contributed by atoms with Crippen LogP contribution in [0.3, 0.4) is 0 Å². The lowest BCUT2D eigenvalue weighted by molar-refractivity contribution is -0.120. The van der Waals surface area contributed by atoms with Gasteiger partial charge in [0.2, 0.25) is 17.6 Å². The Morgan fingerprint density at radius 2 is 1.97 bits per heavy atom. The fraction of sp³-hybridized carbons (Fsp3) is 0.318. The van der Waals surface area contributed by atoms with Crippen molar-refractivity contribution in [3.63, 3.8) is 0 Å². The van der Waals surface area contributed by atoms with Crippen molar-refractivity contribution in [1.29, 1.82) is 0 Å². The minimum Gasteiger partial charge on any atom is -0.497 e. The molecular formula is C22H24N4O3. The van der Waals surface area contributed by atoms with Crippen LogP contribution in [0, 0.1) is 6.92 Å². The average molecular weight is 392 g/mol. The number of hydrogen-bond donors (Lipinski definition) is 1. The lowest BCUT2D eigenvalue weighted by Crippen LogP contribution is -2.39. The summed E-state index contributed by atoms with van der Waals surface area (Å²) in [7, 11) is 1.62. The summed E-state index contributed by atoms with van der Waals surface area (Å²) in [6.45, 7) is 3.32. The third kappa shape index (κ3) is 4.46. The number of carbonyl (C=O) groups is 1. The number of methoxy groups -OCH3 is 1. The van der Waals surface area contributed by atoms with E-state index in [4.69, 9.17) is 9.26 Å². The molecule has 1 saturated heterocycles. The molecule has 2 heterocycles. The highest BCUT2D eigenvalue weighted by molar-refractivity contribution is 5.95. The number of rotatable bonds is 6. The number of aromatic nitrogens is 2. The molecule has 7 nitrogen and oxygen atoms in total. The van der Waals surface area contributed by atoms with E-state index in [-0.39, 0.29) is 11.9 Å². The van der Waals surface area contributed by atoms with Gasteiger partial charge in [0.1, 0.15) is 5.75 Å². The Morgan fingerprint density at radius 3 is 2.69 bits per heavy atom. The normalized spacial score (nSPS) is 16.7. The number of nitrogens with zero attached hydrogens (tertiary/aromatic N) is 3. The van der Waals surface area contributed by atoms with Crippen molar-refractivity contribution in [3.8, 4) is 17.1 Å². The van der Waals surface area contributed by atoms with Gasteiger partial charge in [-0.2, -0.15) is 4.98 Å². The number of amides is 1. The highest BCUT2D eigenvalue weighted by atomic mass is 16.5. The van der Waals surface area contributed by atoms with Crippen LogP contribution in [-0.2, 0) is 11.3 Å². The molecule has 0 spiro atoms. The van der Waals surface area contributed by atoms with E-state index < -0.39 is 0 Å². The second kappa shape index (κ2) is 8.45. The Bertz CT molecular complexity index is 966. The smallest absolute Gasteiger partial charge is 0.241 e. The van der Waals surface area contributed by atoms with Gasteiger partial charge in [-0.25, -0.2) is 0 Å². The van der Waals surface area contributed by atoms with E-state index in [1.165, 1.54) is 5.56 Å². The molecule has 0 saturated carbocycles. The highest BCUT2D eigenvalue weighted by Gasteiger charge is 2.32. The van der Waals surface area contributed by atoms with Gasteiger partial charge in [-0.1, -0.05) is 35.0 Å². The number of ether oxygens (including phenoxy) is 1. The zero-order valence-electron chi connectivity index (χ0n) is 16.6. The maximum Gasteiger partial charge on any atom is 0.241 e. The number of hydrogen-bond acceptors (Lipinski definition) is 6. The van der Waals surface area contributed by atoms with Crippen molar-refractivity contribution in [2.45, 2.75) is 32.4 Å². The van der Waals surface area contributed by atoms with Gasteiger partial charge in [0.25, 0.3) is 0 Å².